The van der Waals surface area contributed by atoms with Crippen molar-refractivity contribution in [1.82, 2.24) is 0 Å². The SMILES string of the molecule is CS1(C)c2ccccc2N(c2cc3c4c(c2)Oc2cccc5c2B4c2c(cccc2O3)O5)c2ccccc21. The van der Waals surface area contributed by atoms with Crippen molar-refractivity contribution in [1.29, 1.82) is 0 Å². The van der Waals surface area contributed by atoms with Crippen LogP contribution in [0.1, 0.15) is 0 Å². The van der Waals surface area contributed by atoms with Crippen molar-refractivity contribution >= 4 is 50.2 Å². The van der Waals surface area contributed by atoms with Gasteiger partial charge in [-0.1, -0.05) is 36.4 Å². The second-order valence-corrected chi connectivity index (χ2v) is 14.1. The Morgan fingerprint density at radius 1 is 0.526 bits per heavy atom. The molecule has 0 saturated heterocycles. The van der Waals surface area contributed by atoms with Crippen LogP contribution in [0.25, 0.3) is 0 Å². The molecule has 0 saturated carbocycles. The predicted molar refractivity (Wildman–Crippen MR) is 155 cm³/mol. The predicted octanol–water partition coefficient (Wildman–Crippen LogP) is 6.79. The van der Waals surface area contributed by atoms with E-state index < -0.39 is 10.0 Å². The van der Waals surface area contributed by atoms with Crippen LogP contribution >= 0.6 is 10.0 Å². The van der Waals surface area contributed by atoms with Gasteiger partial charge in [0.15, 0.2) is 0 Å². The van der Waals surface area contributed by atoms with Gasteiger partial charge in [-0.3, -0.25) is 0 Å². The van der Waals surface area contributed by atoms with Crippen LogP contribution in [0.3, 0.4) is 0 Å². The minimum Gasteiger partial charge on any atom is -0.458 e. The zero-order valence-electron chi connectivity index (χ0n) is 20.9. The molecule has 0 atom stereocenters. The second-order valence-electron chi connectivity index (χ2n) is 10.5. The minimum atomic E-state index is -1.17. The van der Waals surface area contributed by atoms with Crippen LogP contribution in [-0.4, -0.2) is 19.2 Å². The quantitative estimate of drug-likeness (QED) is 0.227. The van der Waals surface area contributed by atoms with Gasteiger partial charge in [0.25, 0.3) is 6.71 Å². The summed E-state index contributed by atoms with van der Waals surface area (Å²) in [6.07, 6.45) is 4.78. The Balaban J connectivity index is 1.32. The van der Waals surface area contributed by atoms with Crippen molar-refractivity contribution in [2.75, 3.05) is 17.4 Å². The number of rotatable bonds is 1. The van der Waals surface area contributed by atoms with Crippen molar-refractivity contribution in [3.05, 3.63) is 97.1 Å². The molecule has 5 aromatic carbocycles. The molecule has 0 bridgehead atoms. The van der Waals surface area contributed by atoms with Gasteiger partial charge < -0.3 is 19.1 Å². The van der Waals surface area contributed by atoms with E-state index in [1.54, 1.807) is 0 Å². The molecule has 0 radical (unpaired) electrons. The third kappa shape index (κ3) is 2.49. The van der Waals surface area contributed by atoms with Gasteiger partial charge in [0, 0.05) is 38.3 Å². The van der Waals surface area contributed by atoms with Crippen LogP contribution in [0.15, 0.2) is 107 Å². The normalized spacial score (nSPS) is 16.7. The largest absolute Gasteiger partial charge is 0.458 e. The average molecular weight is 511 g/mol. The molecule has 0 unspecified atom stereocenters. The summed E-state index contributed by atoms with van der Waals surface area (Å²) in [7, 11) is -1.17. The maximum Gasteiger partial charge on any atom is 0.270 e. The fourth-order valence-corrected chi connectivity index (χ4v) is 9.04. The maximum atomic E-state index is 6.62. The van der Waals surface area contributed by atoms with Gasteiger partial charge in [0.05, 0.1) is 17.1 Å². The van der Waals surface area contributed by atoms with E-state index in [0.29, 0.717) is 0 Å². The zero-order valence-corrected chi connectivity index (χ0v) is 21.7. The first-order valence-electron chi connectivity index (χ1n) is 12.8. The molecule has 0 aliphatic carbocycles. The lowest BCUT2D eigenvalue weighted by atomic mass is 9.34. The number of para-hydroxylation sites is 2. The number of ether oxygens (including phenoxy) is 3. The summed E-state index contributed by atoms with van der Waals surface area (Å²) in [6.45, 7) is 0.0204. The fourth-order valence-electron chi connectivity index (χ4n) is 6.60. The van der Waals surface area contributed by atoms with Crippen LogP contribution in [0.5, 0.6) is 34.5 Å². The summed E-state index contributed by atoms with van der Waals surface area (Å²) in [4.78, 5) is 5.12. The van der Waals surface area contributed by atoms with E-state index >= 15 is 0 Å². The van der Waals surface area contributed by atoms with Crippen molar-refractivity contribution < 1.29 is 14.2 Å². The summed E-state index contributed by atoms with van der Waals surface area (Å²) in [6, 6.07) is 34.1. The Hall–Kier alpha value is -4.29. The highest BCUT2D eigenvalue weighted by molar-refractivity contribution is 8.33. The Morgan fingerprint density at radius 2 is 0.947 bits per heavy atom. The first-order valence-corrected chi connectivity index (χ1v) is 15.2. The highest BCUT2D eigenvalue weighted by atomic mass is 32.3. The smallest absolute Gasteiger partial charge is 0.270 e. The first-order chi connectivity index (χ1) is 18.6. The summed E-state index contributed by atoms with van der Waals surface area (Å²) < 4.78 is 19.5. The van der Waals surface area contributed by atoms with Crippen LogP contribution in [0.2, 0.25) is 0 Å². The molecule has 5 aromatic rings. The second kappa shape index (κ2) is 6.97. The van der Waals surface area contributed by atoms with E-state index in [4.69, 9.17) is 14.2 Å². The van der Waals surface area contributed by atoms with Gasteiger partial charge in [-0.2, -0.15) is 10.0 Å². The Labute approximate surface area is 222 Å². The van der Waals surface area contributed by atoms with E-state index in [0.717, 1.165) is 56.6 Å². The molecule has 6 heteroatoms. The molecular formula is C32H22BNO3S. The highest BCUT2D eigenvalue weighted by Crippen LogP contribution is 2.67. The molecule has 4 aliphatic heterocycles. The van der Waals surface area contributed by atoms with E-state index in [1.807, 2.05) is 36.4 Å². The Kier molecular flexibility index (Phi) is 3.80. The lowest BCUT2D eigenvalue weighted by Crippen LogP contribution is -2.59. The van der Waals surface area contributed by atoms with Crippen molar-refractivity contribution in [2.45, 2.75) is 9.79 Å². The number of hydrogen-bond donors (Lipinski definition) is 0. The molecule has 4 aliphatic rings. The van der Waals surface area contributed by atoms with Gasteiger partial charge in [0.2, 0.25) is 0 Å². The third-order valence-electron chi connectivity index (χ3n) is 8.24. The molecule has 182 valence electrons. The standard InChI is InChI=1S/C32H22BNO3S/c1-38(2)28-15-5-3-9-20(28)34(21-10-4-6-16-29(21)38)19-17-26-32-27(18-19)37-25-14-8-12-23-31(25)33(32)30-22(35-23)11-7-13-24(30)36-26/h3-18H,1-2H3. The van der Waals surface area contributed by atoms with Gasteiger partial charge >= 0.3 is 0 Å². The number of hydrogen-bond acceptors (Lipinski definition) is 4. The lowest BCUT2D eigenvalue weighted by Gasteiger charge is -2.45. The first kappa shape index (κ1) is 20.7. The fraction of sp³-hybridized carbons (Fsp3) is 0.0625. The summed E-state index contributed by atoms with van der Waals surface area (Å²) in [5.74, 6) is 5.06. The molecule has 4 nitrogen and oxygen atoms in total. The van der Waals surface area contributed by atoms with Crippen LogP contribution < -0.4 is 35.5 Å². The summed E-state index contributed by atoms with van der Waals surface area (Å²) in [5.41, 5.74) is 6.68. The average Bonchev–Trinajstić information content (AvgIpc) is 2.93. The lowest BCUT2D eigenvalue weighted by molar-refractivity contribution is 0.443. The number of fused-ring (bicyclic) bond motifs is 2. The summed E-state index contributed by atoms with van der Waals surface area (Å²) in [5, 5.41) is 0. The van der Waals surface area contributed by atoms with Crippen LogP contribution in [-0.2, 0) is 0 Å². The monoisotopic (exact) mass is 511 g/mol. The van der Waals surface area contributed by atoms with Crippen LogP contribution in [0, 0.1) is 0 Å². The van der Waals surface area contributed by atoms with E-state index in [9.17, 15) is 0 Å². The van der Waals surface area contributed by atoms with E-state index in [1.165, 1.54) is 21.2 Å². The minimum absolute atomic E-state index is 0.0204. The molecule has 0 fully saturated rings. The molecule has 4 heterocycles. The molecular weight excluding hydrogens is 489 g/mol. The maximum absolute atomic E-state index is 6.62. The molecule has 9 rings (SSSR count). The highest BCUT2D eigenvalue weighted by Gasteiger charge is 2.47. The number of anilines is 3. The Bertz CT molecular complexity index is 1740. The molecule has 0 spiro atoms. The van der Waals surface area contributed by atoms with Crippen molar-refractivity contribution in [2.24, 2.45) is 0 Å². The van der Waals surface area contributed by atoms with Crippen molar-refractivity contribution in [3.8, 4) is 34.5 Å². The van der Waals surface area contributed by atoms with Gasteiger partial charge in [-0.15, -0.1) is 0 Å². The molecule has 0 amide bonds. The molecule has 38 heavy (non-hydrogen) atoms. The Morgan fingerprint density at radius 3 is 1.45 bits per heavy atom. The van der Waals surface area contributed by atoms with Gasteiger partial charge in [0.1, 0.15) is 34.5 Å². The number of benzene rings is 5. The molecule has 0 aromatic heterocycles. The topological polar surface area (TPSA) is 30.9 Å². The van der Waals surface area contributed by atoms with Gasteiger partial charge in [-0.25, -0.2) is 0 Å². The van der Waals surface area contributed by atoms with Crippen molar-refractivity contribution in [3.63, 3.8) is 0 Å². The van der Waals surface area contributed by atoms with Crippen LogP contribution in [0.4, 0.5) is 17.1 Å². The molecule has 0 N–H and O–H groups in total. The summed E-state index contributed by atoms with van der Waals surface area (Å²) >= 11 is 0. The van der Waals surface area contributed by atoms with E-state index in [2.05, 4.69) is 78.1 Å². The van der Waals surface area contributed by atoms with E-state index in [-0.39, 0.29) is 6.71 Å². The number of nitrogens with zero attached hydrogens (tertiary/aromatic N) is 1. The zero-order chi connectivity index (χ0) is 25.2. The third-order valence-corrected chi connectivity index (χ3v) is 11.1. The van der Waals surface area contributed by atoms with Gasteiger partial charge in [-0.05, 0) is 61.0 Å².